The van der Waals surface area contributed by atoms with E-state index in [1.165, 1.54) is 41.7 Å². The molecule has 9 N–H and O–H groups in total. The number of aliphatic imine (C=N–C) groups is 1. The topological polar surface area (TPSA) is 291 Å². The van der Waals surface area contributed by atoms with Crippen molar-refractivity contribution in [1.82, 2.24) is 10.4 Å². The van der Waals surface area contributed by atoms with Gasteiger partial charge in [0.25, 0.3) is 5.79 Å². The Bertz CT molecular complexity index is 2500. The molecule has 3 aliphatic heterocycles. The number of aliphatic hydroxyl groups is 6. The molecular formula is C43H45N3O16. The molecule has 0 spiro atoms. The molecule has 4 heterocycles. The summed E-state index contributed by atoms with van der Waals surface area (Å²) in [7, 11) is 1.11. The van der Waals surface area contributed by atoms with Crippen molar-refractivity contribution in [3.63, 3.8) is 0 Å². The number of carboxylic acid groups (broad SMARTS) is 1. The van der Waals surface area contributed by atoms with Crippen molar-refractivity contribution in [2.75, 3.05) is 26.8 Å². The van der Waals surface area contributed by atoms with Crippen LogP contribution in [0.1, 0.15) is 23.1 Å². The van der Waals surface area contributed by atoms with E-state index in [1.807, 2.05) is 32.0 Å². The Labute approximate surface area is 352 Å². The van der Waals surface area contributed by atoms with Crippen LogP contribution in [0.2, 0.25) is 0 Å². The van der Waals surface area contributed by atoms with Gasteiger partial charge < -0.3 is 59.5 Å². The summed E-state index contributed by atoms with van der Waals surface area (Å²) < 4.78 is 23.2. The van der Waals surface area contributed by atoms with E-state index in [4.69, 9.17) is 23.5 Å². The number of nitrogens with zero attached hydrogens (tertiary/aromatic N) is 2. The molecule has 0 bridgehead atoms. The highest BCUT2D eigenvalue weighted by Gasteiger charge is 2.59. The highest BCUT2D eigenvalue weighted by Crippen LogP contribution is 2.41. The molecule has 7 rings (SSSR count). The molecule has 3 aromatic carbocycles. The second-order valence-electron chi connectivity index (χ2n) is 15.2. The van der Waals surface area contributed by atoms with Crippen LogP contribution >= 0.6 is 0 Å². The molecule has 328 valence electrons. The standard InChI is InChI=1S/C43H45N3O16/c1-21-14-22(2)16-25(15-21)33-32-24(10-12-45-32)18-46(33)62-37-35(51)36(52)38(43(57,20-48)61-40(55)31(39(53)54)42(56,44-3)11-13-47)60-41(37)59-27-8-9-28-30(17-27)58-19-29(34(28)50)23-4-6-26(49)7-5-23/h4-10,12,14-17,19,31,35-38,41,44,47-49,51-52,56-57H,11,13,18,20H2,1-3H3,(H,53,54). The number of nitrogens with one attached hydrogen (secondary N) is 1. The molecule has 8 atom stereocenters. The lowest BCUT2D eigenvalue weighted by Gasteiger charge is -2.47. The Morgan fingerprint density at radius 3 is 2.35 bits per heavy atom. The summed E-state index contributed by atoms with van der Waals surface area (Å²) in [5.41, 5.74) is 2.08. The fourth-order valence-corrected chi connectivity index (χ4v) is 7.76. The average Bonchev–Trinajstić information content (AvgIpc) is 3.82. The van der Waals surface area contributed by atoms with Crippen LogP contribution in [-0.2, 0) is 23.9 Å². The number of phenols is 1. The number of hydrogen-bond acceptors (Lipinski definition) is 18. The van der Waals surface area contributed by atoms with Crippen molar-refractivity contribution < 1.29 is 73.9 Å². The molecule has 3 aliphatic rings. The van der Waals surface area contributed by atoms with Crippen LogP contribution in [0, 0.1) is 19.8 Å². The minimum Gasteiger partial charge on any atom is -0.508 e. The SMILES string of the molecule is CNC(O)(CCO)C(C(=O)O)C(=O)OC(O)(CO)C1OC(Oc2ccc3c(=O)c(-c4ccc(O)cc4)coc3c2)C(ON2CC3=CC=NC3=C2c2cc(C)cc(C)c2)C(O)C1O. The molecule has 1 saturated heterocycles. The quantitative estimate of drug-likeness (QED) is 0.0454. The van der Waals surface area contributed by atoms with Gasteiger partial charge in [0.15, 0.2) is 23.6 Å². The monoisotopic (exact) mass is 859 g/mol. The number of aliphatic carboxylic acids is 1. The third-order valence-corrected chi connectivity index (χ3v) is 10.9. The largest absolute Gasteiger partial charge is 0.508 e. The van der Waals surface area contributed by atoms with Gasteiger partial charge in [-0.05, 0) is 68.9 Å². The number of esters is 1. The Morgan fingerprint density at radius 1 is 1.00 bits per heavy atom. The number of rotatable bonds is 15. The van der Waals surface area contributed by atoms with Gasteiger partial charge in [-0.25, -0.2) is 5.06 Å². The third-order valence-electron chi connectivity index (χ3n) is 10.9. The van der Waals surface area contributed by atoms with Crippen LogP contribution < -0.4 is 15.5 Å². The first-order valence-corrected chi connectivity index (χ1v) is 19.4. The Hall–Kier alpha value is -6.00. The van der Waals surface area contributed by atoms with Crippen LogP contribution in [0.4, 0.5) is 0 Å². The number of allylic oxidation sites excluding steroid dienone is 1. The maximum Gasteiger partial charge on any atom is 0.327 e. The first kappa shape index (κ1) is 44.1. The maximum absolute atomic E-state index is 13.5. The Morgan fingerprint density at radius 2 is 1.71 bits per heavy atom. The van der Waals surface area contributed by atoms with Crippen molar-refractivity contribution in [2.24, 2.45) is 10.9 Å². The van der Waals surface area contributed by atoms with Gasteiger partial charge in [0.2, 0.25) is 6.29 Å². The molecule has 0 saturated carbocycles. The Balaban J connectivity index is 1.25. The predicted molar refractivity (Wildman–Crippen MR) is 217 cm³/mol. The molecule has 19 heteroatoms. The van der Waals surface area contributed by atoms with Gasteiger partial charge in [0, 0.05) is 36.4 Å². The number of hydroxylamine groups is 2. The van der Waals surface area contributed by atoms with E-state index in [1.54, 1.807) is 24.4 Å². The third kappa shape index (κ3) is 8.32. The predicted octanol–water partition coefficient (Wildman–Crippen LogP) is 0.819. The lowest BCUT2D eigenvalue weighted by molar-refractivity contribution is -0.372. The number of carbonyl (C=O) groups excluding carboxylic acids is 1. The summed E-state index contributed by atoms with van der Waals surface area (Å²) in [4.78, 5) is 50.2. The van der Waals surface area contributed by atoms with Crippen molar-refractivity contribution in [1.29, 1.82) is 0 Å². The highest BCUT2D eigenvalue weighted by atomic mass is 16.8. The molecule has 0 aliphatic carbocycles. The Kier molecular flexibility index (Phi) is 12.4. The minimum atomic E-state index is -3.32. The van der Waals surface area contributed by atoms with E-state index in [-0.39, 0.29) is 34.6 Å². The fraction of sp³-hybridized carbons (Fsp3) is 0.349. The van der Waals surface area contributed by atoms with E-state index in [2.05, 4.69) is 10.3 Å². The summed E-state index contributed by atoms with van der Waals surface area (Å²) in [6, 6.07) is 15.8. The van der Waals surface area contributed by atoms with Crippen molar-refractivity contribution in [2.45, 2.75) is 62.5 Å². The summed E-state index contributed by atoms with van der Waals surface area (Å²) in [5, 5.41) is 89.4. The molecule has 62 heavy (non-hydrogen) atoms. The number of carbonyl (C=O) groups is 2. The molecule has 1 fully saturated rings. The molecule has 4 aromatic rings. The molecule has 8 unspecified atom stereocenters. The van der Waals surface area contributed by atoms with Crippen LogP contribution in [0.15, 0.2) is 98.5 Å². The van der Waals surface area contributed by atoms with Gasteiger partial charge in [-0.15, -0.1) is 0 Å². The van der Waals surface area contributed by atoms with Gasteiger partial charge in [0.05, 0.1) is 28.9 Å². The number of benzene rings is 3. The summed E-state index contributed by atoms with van der Waals surface area (Å²) in [6.45, 7) is 1.61. The van der Waals surface area contributed by atoms with E-state index in [0.717, 1.165) is 23.7 Å². The first-order valence-electron chi connectivity index (χ1n) is 19.4. The van der Waals surface area contributed by atoms with Gasteiger partial charge in [-0.3, -0.25) is 29.5 Å². The van der Waals surface area contributed by atoms with Crippen LogP contribution in [0.25, 0.3) is 27.8 Å². The van der Waals surface area contributed by atoms with Gasteiger partial charge in [-0.2, -0.15) is 0 Å². The van der Waals surface area contributed by atoms with E-state index >= 15 is 0 Å². The summed E-state index contributed by atoms with van der Waals surface area (Å²) in [5.74, 6) is -9.64. The smallest absolute Gasteiger partial charge is 0.327 e. The number of hydrogen-bond donors (Lipinski definition) is 9. The maximum atomic E-state index is 13.5. The second kappa shape index (κ2) is 17.4. The molecular weight excluding hydrogens is 814 g/mol. The zero-order chi connectivity index (χ0) is 44.7. The number of aromatic hydroxyl groups is 1. The number of phenolic OH excluding ortho intramolecular Hbond substituents is 1. The highest BCUT2D eigenvalue weighted by molar-refractivity contribution is 5.95. The number of aliphatic hydroxyl groups excluding tert-OH is 4. The van der Waals surface area contributed by atoms with Crippen molar-refractivity contribution in [3.8, 4) is 22.6 Å². The van der Waals surface area contributed by atoms with Gasteiger partial charge in [-0.1, -0.05) is 29.3 Å². The normalized spacial score (nSPS) is 23.4. The number of aryl methyl sites for hydroxylation is 2. The van der Waals surface area contributed by atoms with Crippen LogP contribution in [0.3, 0.4) is 0 Å². The zero-order valence-corrected chi connectivity index (χ0v) is 33.5. The van der Waals surface area contributed by atoms with Gasteiger partial charge in [0.1, 0.15) is 47.9 Å². The summed E-state index contributed by atoms with van der Waals surface area (Å²) >= 11 is 0. The van der Waals surface area contributed by atoms with E-state index in [0.29, 0.717) is 22.5 Å². The number of fused-ring (bicyclic) bond motifs is 2. The minimum absolute atomic E-state index is 0.00296. The summed E-state index contributed by atoms with van der Waals surface area (Å²) in [6.07, 6.45) is -6.23. The average molecular weight is 860 g/mol. The zero-order valence-electron chi connectivity index (χ0n) is 33.5. The van der Waals surface area contributed by atoms with Crippen molar-refractivity contribution in [3.05, 3.63) is 111 Å². The lowest BCUT2D eigenvalue weighted by atomic mass is 9.91. The molecule has 1 aromatic heterocycles. The first-order chi connectivity index (χ1) is 29.5. The molecule has 19 nitrogen and oxygen atoms in total. The second-order valence-corrected chi connectivity index (χ2v) is 15.2. The van der Waals surface area contributed by atoms with E-state index < -0.39 is 85.1 Å². The van der Waals surface area contributed by atoms with E-state index in [9.17, 15) is 55.2 Å². The number of carboxylic acids is 1. The van der Waals surface area contributed by atoms with Crippen LogP contribution in [0.5, 0.6) is 11.5 Å². The molecule has 0 radical (unpaired) electrons. The van der Waals surface area contributed by atoms with Gasteiger partial charge >= 0.3 is 11.9 Å². The lowest BCUT2D eigenvalue weighted by Crippen LogP contribution is -2.69. The molecule has 0 amide bonds. The van der Waals surface area contributed by atoms with Crippen molar-refractivity contribution >= 4 is 34.8 Å². The number of ether oxygens (including phenoxy) is 3. The van der Waals surface area contributed by atoms with Crippen LogP contribution in [-0.4, -0.2) is 133 Å². The fourth-order valence-electron chi connectivity index (χ4n) is 7.76.